The molecule has 0 saturated heterocycles. The van der Waals surface area contributed by atoms with Gasteiger partial charge in [-0.1, -0.05) is 5.16 Å². The Morgan fingerprint density at radius 3 is 3.25 bits per heavy atom. The molecule has 2 N–H and O–H groups in total. The van der Waals surface area contributed by atoms with Crippen LogP contribution in [0.1, 0.15) is 16.2 Å². The van der Waals surface area contributed by atoms with Crippen molar-refractivity contribution in [1.82, 2.24) is 15.4 Å². The molecule has 0 aliphatic carbocycles. The van der Waals surface area contributed by atoms with Crippen LogP contribution in [0.2, 0.25) is 0 Å². The van der Waals surface area contributed by atoms with Crippen LogP contribution in [-0.4, -0.2) is 28.4 Å². The van der Waals surface area contributed by atoms with Crippen LogP contribution < -0.4 is 5.32 Å². The number of amides is 1. The number of hydrogen-bond acceptors (Lipinski definition) is 5. The number of rotatable bonds is 4. The number of hydrogen-bond donors (Lipinski definition) is 2. The van der Waals surface area contributed by atoms with Crippen LogP contribution in [-0.2, 0) is 11.3 Å². The standard InChI is InChI=1S/C9H10N4O3/c1-15-5-7-2-8(13-16-7)9(14)12-6-3-10-11-4-6/h2-4H,5H2,1H3,(H,10,11)(H,12,14). The zero-order valence-electron chi connectivity index (χ0n) is 8.56. The summed E-state index contributed by atoms with van der Waals surface area (Å²) in [5.74, 6) is 0.146. The molecule has 0 aliphatic heterocycles. The number of anilines is 1. The van der Waals surface area contributed by atoms with E-state index in [1.807, 2.05) is 0 Å². The van der Waals surface area contributed by atoms with E-state index in [4.69, 9.17) is 9.26 Å². The van der Waals surface area contributed by atoms with E-state index < -0.39 is 0 Å². The summed E-state index contributed by atoms with van der Waals surface area (Å²) < 4.78 is 9.73. The molecule has 0 radical (unpaired) electrons. The Hall–Kier alpha value is -2.15. The SMILES string of the molecule is COCc1cc(C(=O)Nc2cn[nH]c2)no1. The number of nitrogens with zero attached hydrogens (tertiary/aromatic N) is 2. The number of ether oxygens (including phenoxy) is 1. The van der Waals surface area contributed by atoms with Gasteiger partial charge in [0, 0.05) is 19.4 Å². The van der Waals surface area contributed by atoms with Crippen LogP contribution in [0.4, 0.5) is 5.69 Å². The lowest BCUT2D eigenvalue weighted by Gasteiger charge is -1.96. The van der Waals surface area contributed by atoms with Gasteiger partial charge in [-0.3, -0.25) is 9.89 Å². The summed E-state index contributed by atoms with van der Waals surface area (Å²) in [6.07, 6.45) is 3.06. The Kier molecular flexibility index (Phi) is 2.97. The molecule has 2 aromatic rings. The van der Waals surface area contributed by atoms with E-state index in [9.17, 15) is 4.79 Å². The molecule has 2 aromatic heterocycles. The second kappa shape index (κ2) is 4.58. The van der Waals surface area contributed by atoms with Crippen molar-refractivity contribution >= 4 is 11.6 Å². The Morgan fingerprint density at radius 1 is 1.69 bits per heavy atom. The zero-order chi connectivity index (χ0) is 11.4. The fourth-order valence-corrected chi connectivity index (χ4v) is 1.14. The minimum absolute atomic E-state index is 0.202. The minimum Gasteiger partial charge on any atom is -0.377 e. The molecule has 16 heavy (non-hydrogen) atoms. The van der Waals surface area contributed by atoms with Crippen molar-refractivity contribution in [3.8, 4) is 0 Å². The average molecular weight is 222 g/mol. The summed E-state index contributed by atoms with van der Waals surface area (Å²) >= 11 is 0. The molecule has 0 aromatic carbocycles. The monoisotopic (exact) mass is 222 g/mol. The molecule has 0 spiro atoms. The lowest BCUT2D eigenvalue weighted by atomic mass is 10.3. The molecule has 0 saturated carbocycles. The van der Waals surface area contributed by atoms with E-state index in [2.05, 4.69) is 20.7 Å². The molecular formula is C9H10N4O3. The average Bonchev–Trinajstić information content (AvgIpc) is 2.89. The molecule has 0 aliphatic rings. The van der Waals surface area contributed by atoms with E-state index >= 15 is 0 Å². The fourth-order valence-electron chi connectivity index (χ4n) is 1.14. The minimum atomic E-state index is -0.354. The second-order valence-electron chi connectivity index (χ2n) is 3.05. The Balaban J connectivity index is 2.03. The molecule has 1 amide bonds. The van der Waals surface area contributed by atoms with Crippen molar-refractivity contribution in [2.24, 2.45) is 0 Å². The van der Waals surface area contributed by atoms with Gasteiger partial charge in [0.2, 0.25) is 0 Å². The summed E-state index contributed by atoms with van der Waals surface area (Å²) in [6.45, 7) is 0.284. The third-order valence-corrected chi connectivity index (χ3v) is 1.83. The van der Waals surface area contributed by atoms with Crippen molar-refractivity contribution < 1.29 is 14.1 Å². The Morgan fingerprint density at radius 2 is 2.56 bits per heavy atom. The Labute approximate surface area is 90.8 Å². The number of carbonyl (C=O) groups excluding carboxylic acids is 1. The van der Waals surface area contributed by atoms with Crippen LogP contribution in [0, 0.1) is 0 Å². The van der Waals surface area contributed by atoms with E-state index in [1.165, 1.54) is 19.4 Å². The third-order valence-electron chi connectivity index (χ3n) is 1.83. The number of aromatic amines is 1. The number of nitrogens with one attached hydrogen (secondary N) is 2. The van der Waals surface area contributed by atoms with E-state index in [-0.39, 0.29) is 18.2 Å². The molecule has 0 unspecified atom stereocenters. The highest BCUT2D eigenvalue weighted by molar-refractivity contribution is 6.02. The molecule has 0 bridgehead atoms. The predicted octanol–water partition coefficient (Wildman–Crippen LogP) is 0.796. The van der Waals surface area contributed by atoms with Gasteiger partial charge in [-0.05, 0) is 0 Å². The van der Waals surface area contributed by atoms with Gasteiger partial charge >= 0.3 is 0 Å². The van der Waals surface area contributed by atoms with Gasteiger partial charge in [0.25, 0.3) is 5.91 Å². The largest absolute Gasteiger partial charge is 0.377 e. The highest BCUT2D eigenvalue weighted by Crippen LogP contribution is 2.08. The zero-order valence-corrected chi connectivity index (χ0v) is 8.56. The van der Waals surface area contributed by atoms with Crippen molar-refractivity contribution in [3.05, 3.63) is 29.9 Å². The van der Waals surface area contributed by atoms with Gasteiger partial charge < -0.3 is 14.6 Å². The molecule has 2 rings (SSSR count). The topological polar surface area (TPSA) is 93.0 Å². The first kappa shape index (κ1) is 10.4. The van der Waals surface area contributed by atoms with Gasteiger partial charge in [-0.15, -0.1) is 0 Å². The molecule has 0 fully saturated rings. The van der Waals surface area contributed by atoms with Gasteiger partial charge in [0.15, 0.2) is 11.5 Å². The molecule has 84 valence electrons. The van der Waals surface area contributed by atoms with Crippen LogP contribution in [0.25, 0.3) is 0 Å². The predicted molar refractivity (Wildman–Crippen MR) is 53.8 cm³/mol. The summed E-state index contributed by atoms with van der Waals surface area (Å²) in [4.78, 5) is 11.6. The van der Waals surface area contributed by atoms with Crippen molar-refractivity contribution in [3.63, 3.8) is 0 Å². The lowest BCUT2D eigenvalue weighted by Crippen LogP contribution is -2.11. The van der Waals surface area contributed by atoms with Crippen LogP contribution in [0.3, 0.4) is 0 Å². The van der Waals surface area contributed by atoms with Gasteiger partial charge in [-0.2, -0.15) is 5.10 Å². The number of H-pyrrole nitrogens is 1. The number of methoxy groups -OCH3 is 1. The van der Waals surface area contributed by atoms with Crippen molar-refractivity contribution in [2.75, 3.05) is 12.4 Å². The third kappa shape index (κ3) is 2.26. The Bertz CT molecular complexity index is 463. The molecule has 7 heteroatoms. The van der Waals surface area contributed by atoms with E-state index in [0.29, 0.717) is 11.4 Å². The normalized spacial score (nSPS) is 10.3. The summed E-state index contributed by atoms with van der Waals surface area (Å²) in [5.41, 5.74) is 0.773. The fraction of sp³-hybridized carbons (Fsp3) is 0.222. The smallest absolute Gasteiger partial charge is 0.277 e. The first-order valence-corrected chi connectivity index (χ1v) is 4.54. The highest BCUT2D eigenvalue weighted by Gasteiger charge is 2.12. The maximum absolute atomic E-state index is 11.6. The van der Waals surface area contributed by atoms with Gasteiger partial charge in [0.1, 0.15) is 6.61 Å². The summed E-state index contributed by atoms with van der Waals surface area (Å²) in [5, 5.41) is 12.5. The molecule has 7 nitrogen and oxygen atoms in total. The first-order chi connectivity index (χ1) is 7.79. The number of carbonyl (C=O) groups is 1. The summed E-state index contributed by atoms with van der Waals surface area (Å²) in [6, 6.07) is 1.53. The van der Waals surface area contributed by atoms with E-state index in [1.54, 1.807) is 6.20 Å². The number of aromatic nitrogens is 3. The second-order valence-corrected chi connectivity index (χ2v) is 3.05. The van der Waals surface area contributed by atoms with Crippen molar-refractivity contribution in [1.29, 1.82) is 0 Å². The van der Waals surface area contributed by atoms with E-state index in [0.717, 1.165) is 0 Å². The maximum atomic E-state index is 11.6. The van der Waals surface area contributed by atoms with Crippen LogP contribution in [0.15, 0.2) is 23.0 Å². The molecular weight excluding hydrogens is 212 g/mol. The summed E-state index contributed by atoms with van der Waals surface area (Å²) in [7, 11) is 1.54. The van der Waals surface area contributed by atoms with Crippen LogP contribution >= 0.6 is 0 Å². The van der Waals surface area contributed by atoms with Gasteiger partial charge in [-0.25, -0.2) is 0 Å². The maximum Gasteiger partial charge on any atom is 0.277 e. The molecule has 2 heterocycles. The van der Waals surface area contributed by atoms with Gasteiger partial charge in [0.05, 0.1) is 11.9 Å². The lowest BCUT2D eigenvalue weighted by molar-refractivity contribution is 0.101. The molecule has 0 atom stereocenters. The van der Waals surface area contributed by atoms with Crippen molar-refractivity contribution in [2.45, 2.75) is 6.61 Å². The quantitative estimate of drug-likeness (QED) is 0.797. The van der Waals surface area contributed by atoms with Crippen LogP contribution in [0.5, 0.6) is 0 Å². The first-order valence-electron chi connectivity index (χ1n) is 4.54. The highest BCUT2D eigenvalue weighted by atomic mass is 16.5.